The number of aromatic nitrogens is 6. The Morgan fingerprint density at radius 3 is 2.90 bits per heavy atom. The number of unbranched alkanes of at least 4 members (excludes halogenated alkanes) is 1. The van der Waals surface area contributed by atoms with Crippen LogP contribution in [0.15, 0.2) is 77.4 Å². The van der Waals surface area contributed by atoms with Gasteiger partial charge >= 0.3 is 5.69 Å². The van der Waals surface area contributed by atoms with Crippen LogP contribution in [0.2, 0.25) is 0 Å². The van der Waals surface area contributed by atoms with Crippen LogP contribution in [0.1, 0.15) is 56.5 Å². The van der Waals surface area contributed by atoms with Gasteiger partial charge in [0.1, 0.15) is 24.5 Å². The third-order valence-corrected chi connectivity index (χ3v) is 7.10. The molecule has 0 amide bonds. The summed E-state index contributed by atoms with van der Waals surface area (Å²) in [5.74, 6) is 1.97. The molecule has 1 aromatic carbocycles. The SMILES string of the molecule is CCCCC(Oc1ccc2c(c1)CCn1c-2cc(OC(C2=CC=CCC2)C2=COC=CO2)nc1=O)c1nn[nH]n1. The number of hydrogen-bond donors (Lipinski definition) is 1. The van der Waals surface area contributed by atoms with E-state index in [4.69, 9.17) is 18.9 Å². The summed E-state index contributed by atoms with van der Waals surface area (Å²) in [7, 11) is 0. The van der Waals surface area contributed by atoms with Crippen molar-refractivity contribution in [2.45, 2.75) is 64.2 Å². The lowest BCUT2D eigenvalue weighted by atomic mass is 9.97. The Labute approximate surface area is 230 Å². The van der Waals surface area contributed by atoms with Gasteiger partial charge in [-0.3, -0.25) is 4.57 Å². The number of H-pyrrole nitrogens is 1. The normalized spacial score (nSPS) is 16.9. The van der Waals surface area contributed by atoms with Crippen molar-refractivity contribution in [3.63, 3.8) is 0 Å². The largest absolute Gasteiger partial charge is 0.482 e. The molecule has 2 atom stereocenters. The fourth-order valence-corrected chi connectivity index (χ4v) is 5.09. The first-order valence-electron chi connectivity index (χ1n) is 13.5. The van der Waals surface area contributed by atoms with Gasteiger partial charge in [-0.1, -0.05) is 36.8 Å². The molecule has 11 heteroatoms. The van der Waals surface area contributed by atoms with Crippen LogP contribution in [0.3, 0.4) is 0 Å². The van der Waals surface area contributed by atoms with Crippen molar-refractivity contribution < 1.29 is 18.9 Å². The van der Waals surface area contributed by atoms with E-state index in [0.29, 0.717) is 24.5 Å². The van der Waals surface area contributed by atoms with E-state index in [1.807, 2.05) is 36.4 Å². The lowest BCUT2D eigenvalue weighted by Crippen LogP contribution is -2.31. The number of allylic oxidation sites excluding steroid dienone is 3. The zero-order chi connectivity index (χ0) is 27.3. The van der Waals surface area contributed by atoms with Crippen LogP contribution in [0.25, 0.3) is 11.3 Å². The minimum Gasteiger partial charge on any atom is -0.482 e. The molecule has 1 N–H and O–H groups in total. The predicted octanol–water partition coefficient (Wildman–Crippen LogP) is 4.67. The lowest BCUT2D eigenvalue weighted by molar-refractivity contribution is 0.154. The molecule has 6 rings (SSSR count). The summed E-state index contributed by atoms with van der Waals surface area (Å²) in [5, 5.41) is 14.5. The van der Waals surface area contributed by atoms with Crippen molar-refractivity contribution in [2.24, 2.45) is 0 Å². The third-order valence-electron chi connectivity index (χ3n) is 7.10. The summed E-state index contributed by atoms with van der Waals surface area (Å²) in [5.41, 5.74) is 3.40. The summed E-state index contributed by atoms with van der Waals surface area (Å²) >= 11 is 0. The van der Waals surface area contributed by atoms with Crippen LogP contribution in [-0.2, 0) is 22.4 Å². The second kappa shape index (κ2) is 11.6. The fourth-order valence-electron chi connectivity index (χ4n) is 5.09. The van der Waals surface area contributed by atoms with Crippen LogP contribution in [0, 0.1) is 0 Å². The average Bonchev–Trinajstić information content (AvgIpc) is 3.54. The van der Waals surface area contributed by atoms with Crippen LogP contribution >= 0.6 is 0 Å². The Hall–Kier alpha value is -4.67. The highest BCUT2D eigenvalue weighted by atomic mass is 16.6. The highest BCUT2D eigenvalue weighted by Crippen LogP contribution is 2.35. The Morgan fingerprint density at radius 1 is 1.18 bits per heavy atom. The van der Waals surface area contributed by atoms with Gasteiger partial charge in [-0.25, -0.2) is 4.79 Å². The molecular formula is C29H30N6O5. The van der Waals surface area contributed by atoms with E-state index >= 15 is 0 Å². The van der Waals surface area contributed by atoms with Crippen LogP contribution in [-0.4, -0.2) is 36.3 Å². The molecule has 11 nitrogen and oxygen atoms in total. The third kappa shape index (κ3) is 5.40. The van der Waals surface area contributed by atoms with E-state index in [0.717, 1.165) is 60.2 Å². The second-order valence-electron chi connectivity index (χ2n) is 9.75. The first-order valence-corrected chi connectivity index (χ1v) is 13.5. The molecule has 0 spiro atoms. The highest BCUT2D eigenvalue weighted by Gasteiger charge is 2.27. The molecule has 0 fully saturated rings. The number of hydrogen-bond acceptors (Lipinski definition) is 9. The topological polar surface area (TPSA) is 126 Å². The van der Waals surface area contributed by atoms with Gasteiger partial charge in [0.05, 0.1) is 5.69 Å². The summed E-state index contributed by atoms with van der Waals surface area (Å²) in [6, 6.07) is 7.72. The van der Waals surface area contributed by atoms with E-state index in [1.54, 1.807) is 4.57 Å². The van der Waals surface area contributed by atoms with Crippen LogP contribution in [0.5, 0.6) is 11.6 Å². The van der Waals surface area contributed by atoms with Gasteiger partial charge in [0.15, 0.2) is 18.0 Å². The molecule has 0 saturated carbocycles. The number of aryl methyl sites for hydroxylation is 1. The minimum absolute atomic E-state index is 0.223. The molecule has 40 heavy (non-hydrogen) atoms. The van der Waals surface area contributed by atoms with Gasteiger partial charge in [-0.15, -0.1) is 10.2 Å². The van der Waals surface area contributed by atoms with Crippen molar-refractivity contribution >= 4 is 0 Å². The van der Waals surface area contributed by atoms with Gasteiger partial charge in [0.2, 0.25) is 11.7 Å². The lowest BCUT2D eigenvalue weighted by Gasteiger charge is -2.26. The number of nitrogens with zero attached hydrogens (tertiary/aromatic N) is 5. The van der Waals surface area contributed by atoms with E-state index in [2.05, 4.69) is 38.6 Å². The maximum atomic E-state index is 13.1. The number of fused-ring (bicyclic) bond motifs is 3. The first kappa shape index (κ1) is 25.6. The fraction of sp³-hybridized carbons (Fsp3) is 0.345. The quantitative estimate of drug-likeness (QED) is 0.389. The number of tetrazole rings is 1. The van der Waals surface area contributed by atoms with Gasteiger partial charge in [-0.05, 0) is 61.4 Å². The molecule has 0 radical (unpaired) electrons. The number of ether oxygens (including phenoxy) is 4. The maximum absolute atomic E-state index is 13.1. The standard InChI is InChI=1S/C29H30N6O5/c1-2-3-9-24(28-31-33-34-32-28)39-21-10-11-22-20(16-21)12-13-35-23(22)17-26(30-29(35)36)40-27(19-7-5-4-6-8-19)25-18-37-14-15-38-25/h4-5,7,10-11,14-18,24,27H,2-3,6,8-9,12-13H2,1H3,(H,31,32,33,34). The monoisotopic (exact) mass is 542 g/mol. The maximum Gasteiger partial charge on any atom is 0.351 e. The molecule has 2 aliphatic heterocycles. The van der Waals surface area contributed by atoms with Crippen LogP contribution < -0.4 is 15.2 Å². The van der Waals surface area contributed by atoms with Gasteiger partial charge in [-0.2, -0.15) is 10.2 Å². The summed E-state index contributed by atoms with van der Waals surface area (Å²) in [6.45, 7) is 2.64. The summed E-state index contributed by atoms with van der Waals surface area (Å²) in [4.78, 5) is 17.3. The van der Waals surface area contributed by atoms with E-state index in [-0.39, 0.29) is 17.7 Å². The van der Waals surface area contributed by atoms with Crippen molar-refractivity contribution in [1.82, 2.24) is 30.2 Å². The minimum atomic E-state index is -0.575. The van der Waals surface area contributed by atoms with Gasteiger partial charge in [0, 0.05) is 18.2 Å². The van der Waals surface area contributed by atoms with E-state index < -0.39 is 6.10 Å². The van der Waals surface area contributed by atoms with Gasteiger partial charge in [0.25, 0.3) is 0 Å². The molecule has 2 aromatic heterocycles. The summed E-state index contributed by atoms with van der Waals surface area (Å²) in [6.07, 6.45) is 14.8. The second-order valence-corrected chi connectivity index (χ2v) is 9.75. The first-order chi connectivity index (χ1) is 19.7. The Balaban J connectivity index is 1.29. The van der Waals surface area contributed by atoms with Crippen LogP contribution in [0.4, 0.5) is 0 Å². The number of benzene rings is 1. The van der Waals surface area contributed by atoms with Crippen molar-refractivity contribution in [3.05, 3.63) is 94.5 Å². The van der Waals surface area contributed by atoms with Gasteiger partial charge < -0.3 is 18.9 Å². The molecule has 3 aliphatic rings. The summed E-state index contributed by atoms with van der Waals surface area (Å²) < 4.78 is 25.3. The molecule has 4 heterocycles. The zero-order valence-electron chi connectivity index (χ0n) is 22.2. The number of rotatable bonds is 10. The van der Waals surface area contributed by atoms with Crippen molar-refractivity contribution in [3.8, 4) is 22.9 Å². The molecular weight excluding hydrogens is 512 g/mol. The smallest absolute Gasteiger partial charge is 0.351 e. The molecule has 0 bridgehead atoms. The van der Waals surface area contributed by atoms with Crippen molar-refractivity contribution in [1.29, 1.82) is 0 Å². The zero-order valence-corrected chi connectivity index (χ0v) is 22.2. The Kier molecular flexibility index (Phi) is 7.43. The molecule has 3 aromatic rings. The number of nitrogens with one attached hydrogen (secondary N) is 1. The molecule has 1 aliphatic carbocycles. The average molecular weight is 543 g/mol. The van der Waals surface area contributed by atoms with E-state index in [1.165, 1.54) is 18.8 Å². The number of aromatic amines is 1. The molecule has 2 unspecified atom stereocenters. The predicted molar refractivity (Wildman–Crippen MR) is 145 cm³/mol. The highest BCUT2D eigenvalue weighted by molar-refractivity contribution is 5.67. The van der Waals surface area contributed by atoms with Crippen molar-refractivity contribution in [2.75, 3.05) is 0 Å². The molecule has 206 valence electrons. The molecule has 0 saturated heterocycles. The Morgan fingerprint density at radius 2 is 2.12 bits per heavy atom. The Bertz CT molecular complexity index is 1540. The van der Waals surface area contributed by atoms with E-state index in [9.17, 15) is 4.79 Å².